The van der Waals surface area contributed by atoms with Gasteiger partial charge in [0.2, 0.25) is 5.91 Å². The van der Waals surface area contributed by atoms with Gasteiger partial charge in [0.25, 0.3) is 0 Å². The van der Waals surface area contributed by atoms with Crippen molar-refractivity contribution in [2.45, 2.75) is 31.5 Å². The molecule has 2 aliphatic rings. The van der Waals surface area contributed by atoms with Gasteiger partial charge in [-0.2, -0.15) is 0 Å². The van der Waals surface area contributed by atoms with Gasteiger partial charge in [-0.3, -0.25) is 15.0 Å². The third-order valence-electron chi connectivity index (χ3n) is 3.37. The lowest BCUT2D eigenvalue weighted by Gasteiger charge is -2.42. The number of likely N-dealkylation sites (N-methyl/N-ethyl adjacent to an activating group) is 1. The van der Waals surface area contributed by atoms with Crippen LogP contribution >= 0.6 is 0 Å². The lowest BCUT2D eigenvalue weighted by Crippen LogP contribution is -2.69. The van der Waals surface area contributed by atoms with Crippen molar-refractivity contribution in [1.82, 2.24) is 15.1 Å². The summed E-state index contributed by atoms with van der Waals surface area (Å²) in [5, 5.41) is 2.33. The van der Waals surface area contributed by atoms with E-state index in [-0.39, 0.29) is 5.91 Å². The van der Waals surface area contributed by atoms with Gasteiger partial charge in [-0.25, -0.2) is 4.79 Å². The average Bonchev–Trinajstić information content (AvgIpc) is 2.28. The van der Waals surface area contributed by atoms with Crippen LogP contribution in [0.25, 0.3) is 0 Å². The van der Waals surface area contributed by atoms with Gasteiger partial charge in [0, 0.05) is 7.05 Å². The molecule has 0 aromatic heterocycles. The minimum atomic E-state index is -0.542. The summed E-state index contributed by atoms with van der Waals surface area (Å²) in [5.74, 6) is -0.266. The van der Waals surface area contributed by atoms with Crippen LogP contribution in [0.4, 0.5) is 4.79 Å². The first-order valence-electron chi connectivity index (χ1n) is 5.68. The standard InChI is InChI=1S/C10H18N4O2/c1-13-8(11)7(9(15)12-10(13)16)14-5-3-2-4-6-14/h7-8H,2-6,11H2,1H3,(H,12,15,16). The average molecular weight is 226 g/mol. The highest BCUT2D eigenvalue weighted by atomic mass is 16.2. The van der Waals surface area contributed by atoms with Crippen molar-refractivity contribution in [3.63, 3.8) is 0 Å². The van der Waals surface area contributed by atoms with E-state index in [0.717, 1.165) is 25.9 Å². The molecule has 16 heavy (non-hydrogen) atoms. The fourth-order valence-electron chi connectivity index (χ4n) is 2.35. The van der Waals surface area contributed by atoms with Crippen LogP contribution in [-0.4, -0.2) is 54.1 Å². The Morgan fingerprint density at radius 1 is 1.25 bits per heavy atom. The molecule has 2 saturated heterocycles. The number of imide groups is 1. The first-order valence-corrected chi connectivity index (χ1v) is 5.68. The quantitative estimate of drug-likeness (QED) is 0.620. The number of hydrogen-bond acceptors (Lipinski definition) is 4. The highest BCUT2D eigenvalue weighted by Gasteiger charge is 2.41. The summed E-state index contributed by atoms with van der Waals surface area (Å²) in [6.07, 6.45) is 2.84. The van der Waals surface area contributed by atoms with Crippen molar-refractivity contribution in [3.8, 4) is 0 Å². The Hall–Kier alpha value is -1.14. The van der Waals surface area contributed by atoms with Gasteiger partial charge in [-0.15, -0.1) is 0 Å². The van der Waals surface area contributed by atoms with Crippen LogP contribution in [0.1, 0.15) is 19.3 Å². The molecule has 2 rings (SSSR count). The van der Waals surface area contributed by atoms with Crippen LogP contribution in [0.5, 0.6) is 0 Å². The molecule has 3 N–H and O–H groups in total. The lowest BCUT2D eigenvalue weighted by atomic mass is 10.0. The van der Waals surface area contributed by atoms with E-state index in [0.29, 0.717) is 0 Å². The number of carbonyl (C=O) groups is 2. The number of carbonyl (C=O) groups excluding carboxylic acids is 2. The Balaban J connectivity index is 2.12. The summed E-state index contributed by atoms with van der Waals surface area (Å²) >= 11 is 0. The first-order chi connectivity index (χ1) is 7.61. The number of nitrogens with zero attached hydrogens (tertiary/aromatic N) is 2. The predicted molar refractivity (Wildman–Crippen MR) is 58.5 cm³/mol. The largest absolute Gasteiger partial charge is 0.325 e. The number of piperidine rings is 1. The first kappa shape index (κ1) is 11.3. The molecular formula is C10H18N4O2. The monoisotopic (exact) mass is 226 g/mol. The molecule has 0 radical (unpaired) electrons. The smallest absolute Gasteiger partial charge is 0.310 e. The summed E-state index contributed by atoms with van der Waals surface area (Å²) in [6, 6.07) is -0.811. The van der Waals surface area contributed by atoms with Gasteiger partial charge in [0.1, 0.15) is 12.2 Å². The van der Waals surface area contributed by atoms with Crippen molar-refractivity contribution in [1.29, 1.82) is 0 Å². The maximum atomic E-state index is 11.8. The molecule has 2 fully saturated rings. The zero-order valence-electron chi connectivity index (χ0n) is 9.48. The molecule has 0 aromatic carbocycles. The summed E-state index contributed by atoms with van der Waals surface area (Å²) < 4.78 is 0. The zero-order valence-corrected chi connectivity index (χ0v) is 9.48. The van der Waals surface area contributed by atoms with E-state index in [1.54, 1.807) is 7.05 Å². The second-order valence-corrected chi connectivity index (χ2v) is 4.44. The van der Waals surface area contributed by atoms with Crippen LogP contribution in [0.15, 0.2) is 0 Å². The minimum absolute atomic E-state index is 0.266. The number of likely N-dealkylation sites (tertiary alicyclic amines) is 1. The molecule has 6 nitrogen and oxygen atoms in total. The Morgan fingerprint density at radius 2 is 1.88 bits per heavy atom. The number of rotatable bonds is 1. The van der Waals surface area contributed by atoms with E-state index < -0.39 is 18.2 Å². The van der Waals surface area contributed by atoms with Crippen molar-refractivity contribution in [2.75, 3.05) is 20.1 Å². The number of hydrogen-bond donors (Lipinski definition) is 2. The van der Waals surface area contributed by atoms with Crippen LogP contribution in [0.2, 0.25) is 0 Å². The SMILES string of the molecule is CN1C(=O)NC(=O)C(N2CCCCC2)C1N. The summed E-state index contributed by atoms with van der Waals surface area (Å²) in [7, 11) is 1.61. The van der Waals surface area contributed by atoms with E-state index in [1.807, 2.05) is 0 Å². The van der Waals surface area contributed by atoms with Gasteiger partial charge < -0.3 is 10.6 Å². The lowest BCUT2D eigenvalue weighted by molar-refractivity contribution is -0.130. The molecular weight excluding hydrogens is 208 g/mol. The molecule has 0 aliphatic carbocycles. The van der Waals surface area contributed by atoms with Gasteiger partial charge in [0.05, 0.1) is 0 Å². The topological polar surface area (TPSA) is 78.7 Å². The van der Waals surface area contributed by atoms with Gasteiger partial charge in [-0.1, -0.05) is 6.42 Å². The Morgan fingerprint density at radius 3 is 2.50 bits per heavy atom. The van der Waals surface area contributed by atoms with E-state index in [1.165, 1.54) is 11.3 Å². The Labute approximate surface area is 94.7 Å². The molecule has 3 amide bonds. The van der Waals surface area contributed by atoms with Crippen LogP contribution in [-0.2, 0) is 4.79 Å². The summed E-state index contributed by atoms with van der Waals surface area (Å²) in [4.78, 5) is 26.6. The number of urea groups is 1. The molecule has 0 saturated carbocycles. The van der Waals surface area contributed by atoms with E-state index in [2.05, 4.69) is 10.2 Å². The Kier molecular flexibility index (Phi) is 3.11. The maximum absolute atomic E-state index is 11.8. The van der Waals surface area contributed by atoms with Gasteiger partial charge in [0.15, 0.2) is 0 Å². The highest BCUT2D eigenvalue weighted by Crippen LogP contribution is 2.17. The maximum Gasteiger partial charge on any atom is 0.325 e. The van der Waals surface area contributed by atoms with E-state index in [9.17, 15) is 9.59 Å². The van der Waals surface area contributed by atoms with Crippen molar-refractivity contribution in [2.24, 2.45) is 5.73 Å². The minimum Gasteiger partial charge on any atom is -0.310 e. The molecule has 0 bridgehead atoms. The van der Waals surface area contributed by atoms with E-state index in [4.69, 9.17) is 5.73 Å². The molecule has 2 aliphatic heterocycles. The fourth-order valence-corrected chi connectivity index (χ4v) is 2.35. The second kappa shape index (κ2) is 4.39. The number of amides is 3. The third-order valence-corrected chi connectivity index (χ3v) is 3.37. The van der Waals surface area contributed by atoms with Gasteiger partial charge in [-0.05, 0) is 25.9 Å². The highest BCUT2D eigenvalue weighted by molar-refractivity contribution is 6.00. The normalized spacial score (nSPS) is 32.8. The summed E-state index contributed by atoms with van der Waals surface area (Å²) in [6.45, 7) is 1.77. The molecule has 0 spiro atoms. The zero-order chi connectivity index (χ0) is 11.7. The number of nitrogens with one attached hydrogen (secondary N) is 1. The van der Waals surface area contributed by atoms with Crippen molar-refractivity contribution in [3.05, 3.63) is 0 Å². The van der Waals surface area contributed by atoms with Crippen LogP contribution < -0.4 is 11.1 Å². The molecule has 2 atom stereocenters. The van der Waals surface area contributed by atoms with Crippen LogP contribution in [0, 0.1) is 0 Å². The third kappa shape index (κ3) is 1.90. The fraction of sp³-hybridized carbons (Fsp3) is 0.800. The predicted octanol–water partition coefficient (Wildman–Crippen LogP) is -0.693. The molecule has 2 unspecified atom stereocenters. The van der Waals surface area contributed by atoms with Crippen LogP contribution in [0.3, 0.4) is 0 Å². The Bertz CT molecular complexity index is 301. The molecule has 6 heteroatoms. The van der Waals surface area contributed by atoms with Gasteiger partial charge >= 0.3 is 6.03 Å². The second-order valence-electron chi connectivity index (χ2n) is 4.44. The molecule has 0 aromatic rings. The van der Waals surface area contributed by atoms with E-state index >= 15 is 0 Å². The number of nitrogens with two attached hydrogens (primary N) is 1. The summed E-state index contributed by atoms with van der Waals surface area (Å²) in [5.41, 5.74) is 5.94. The molecule has 90 valence electrons. The van der Waals surface area contributed by atoms with Crippen molar-refractivity contribution < 1.29 is 9.59 Å². The molecule has 2 heterocycles. The van der Waals surface area contributed by atoms with Crippen molar-refractivity contribution >= 4 is 11.9 Å².